The molecule has 1 aromatic rings. The van der Waals surface area contributed by atoms with Gasteiger partial charge in [-0.15, -0.1) is 0 Å². The van der Waals surface area contributed by atoms with E-state index in [-0.39, 0.29) is 0 Å². The molecule has 0 unspecified atom stereocenters. The van der Waals surface area contributed by atoms with E-state index >= 15 is 0 Å². The van der Waals surface area contributed by atoms with Crippen molar-refractivity contribution in [2.45, 2.75) is 69.9 Å². The SMILES string of the molecule is c1cc(NC2CCCC2)nc(NC2CCCCC2)n1. The number of rotatable bonds is 4. The summed E-state index contributed by atoms with van der Waals surface area (Å²) < 4.78 is 0. The number of nitrogens with zero attached hydrogens (tertiary/aromatic N) is 2. The van der Waals surface area contributed by atoms with Crippen LogP contribution in [0.15, 0.2) is 12.3 Å². The van der Waals surface area contributed by atoms with Gasteiger partial charge in [-0.05, 0) is 31.7 Å². The van der Waals surface area contributed by atoms with Crippen molar-refractivity contribution < 1.29 is 0 Å². The van der Waals surface area contributed by atoms with Gasteiger partial charge in [-0.25, -0.2) is 4.98 Å². The van der Waals surface area contributed by atoms with Crippen LogP contribution in [0.5, 0.6) is 0 Å². The molecule has 2 aliphatic rings. The van der Waals surface area contributed by atoms with Gasteiger partial charge in [0, 0.05) is 18.3 Å². The summed E-state index contributed by atoms with van der Waals surface area (Å²) in [4.78, 5) is 8.94. The Bertz CT molecular complexity index is 395. The van der Waals surface area contributed by atoms with Crippen LogP contribution in [0.25, 0.3) is 0 Å². The number of aromatic nitrogens is 2. The van der Waals surface area contributed by atoms with Crippen molar-refractivity contribution in [2.75, 3.05) is 10.6 Å². The minimum atomic E-state index is 0.565. The lowest BCUT2D eigenvalue weighted by atomic mass is 9.96. The van der Waals surface area contributed by atoms with Crippen LogP contribution < -0.4 is 10.6 Å². The molecule has 0 aliphatic heterocycles. The van der Waals surface area contributed by atoms with E-state index in [4.69, 9.17) is 0 Å². The highest BCUT2D eigenvalue weighted by molar-refractivity contribution is 5.41. The standard InChI is InChI=1S/C15H24N4/c1-2-6-13(7-3-1)18-15-16-11-10-14(19-15)17-12-8-4-5-9-12/h10-13H,1-9H2,(H2,16,17,18,19). The largest absolute Gasteiger partial charge is 0.367 e. The summed E-state index contributed by atoms with van der Waals surface area (Å²) in [5, 5.41) is 7.01. The van der Waals surface area contributed by atoms with Crippen LogP contribution in [0.1, 0.15) is 57.8 Å². The molecule has 0 aromatic carbocycles. The Morgan fingerprint density at radius 1 is 0.842 bits per heavy atom. The first kappa shape index (κ1) is 12.7. The molecule has 0 atom stereocenters. The summed E-state index contributed by atoms with van der Waals surface area (Å²) in [6.07, 6.45) is 13.6. The number of nitrogens with one attached hydrogen (secondary N) is 2. The molecule has 19 heavy (non-hydrogen) atoms. The van der Waals surface area contributed by atoms with Crippen LogP contribution in [-0.4, -0.2) is 22.1 Å². The maximum Gasteiger partial charge on any atom is 0.224 e. The van der Waals surface area contributed by atoms with Crippen LogP contribution in [0.3, 0.4) is 0 Å². The summed E-state index contributed by atoms with van der Waals surface area (Å²) in [5.41, 5.74) is 0. The van der Waals surface area contributed by atoms with Crippen molar-refractivity contribution in [3.05, 3.63) is 12.3 Å². The van der Waals surface area contributed by atoms with E-state index in [1.807, 2.05) is 12.3 Å². The lowest BCUT2D eigenvalue weighted by Crippen LogP contribution is -2.24. The van der Waals surface area contributed by atoms with Gasteiger partial charge in [0.25, 0.3) is 0 Å². The smallest absolute Gasteiger partial charge is 0.224 e. The summed E-state index contributed by atoms with van der Waals surface area (Å²) in [6.45, 7) is 0. The molecule has 0 saturated heterocycles. The molecule has 3 rings (SSSR count). The van der Waals surface area contributed by atoms with E-state index in [9.17, 15) is 0 Å². The molecule has 1 heterocycles. The Hall–Kier alpha value is -1.32. The Balaban J connectivity index is 1.58. The highest BCUT2D eigenvalue weighted by atomic mass is 15.2. The van der Waals surface area contributed by atoms with E-state index in [0.29, 0.717) is 12.1 Å². The Morgan fingerprint density at radius 3 is 2.21 bits per heavy atom. The molecule has 0 spiro atoms. The maximum absolute atomic E-state index is 4.60. The minimum absolute atomic E-state index is 0.565. The van der Waals surface area contributed by atoms with Crippen LogP contribution in [0.2, 0.25) is 0 Å². The van der Waals surface area contributed by atoms with Crippen molar-refractivity contribution in [3.63, 3.8) is 0 Å². The second-order valence-electron chi connectivity index (χ2n) is 5.87. The summed E-state index contributed by atoms with van der Waals surface area (Å²) in [6, 6.07) is 3.15. The first-order valence-corrected chi connectivity index (χ1v) is 7.76. The summed E-state index contributed by atoms with van der Waals surface area (Å²) >= 11 is 0. The average molecular weight is 260 g/mol. The fourth-order valence-electron chi connectivity index (χ4n) is 3.22. The lowest BCUT2D eigenvalue weighted by molar-refractivity contribution is 0.461. The van der Waals surface area contributed by atoms with Gasteiger partial charge >= 0.3 is 0 Å². The Labute approximate surface area is 115 Å². The molecule has 0 bridgehead atoms. The van der Waals surface area contributed by atoms with E-state index < -0.39 is 0 Å². The van der Waals surface area contributed by atoms with E-state index in [1.165, 1.54) is 57.8 Å². The van der Waals surface area contributed by atoms with Gasteiger partial charge in [-0.1, -0.05) is 32.1 Å². The first-order valence-electron chi connectivity index (χ1n) is 7.76. The fourth-order valence-corrected chi connectivity index (χ4v) is 3.22. The van der Waals surface area contributed by atoms with Crippen molar-refractivity contribution in [1.82, 2.24) is 9.97 Å². The minimum Gasteiger partial charge on any atom is -0.367 e. The predicted molar refractivity (Wildman–Crippen MR) is 78.4 cm³/mol. The Kier molecular flexibility index (Phi) is 4.16. The number of hydrogen-bond donors (Lipinski definition) is 2. The first-order chi connectivity index (χ1) is 9.40. The normalized spacial score (nSPS) is 21.5. The van der Waals surface area contributed by atoms with Gasteiger partial charge in [-0.3, -0.25) is 0 Å². The maximum atomic E-state index is 4.60. The topological polar surface area (TPSA) is 49.8 Å². The molecular weight excluding hydrogens is 236 g/mol. The van der Waals surface area contributed by atoms with Gasteiger partial charge in [0.15, 0.2) is 0 Å². The van der Waals surface area contributed by atoms with Gasteiger partial charge in [0.1, 0.15) is 5.82 Å². The molecule has 1 aromatic heterocycles. The van der Waals surface area contributed by atoms with Gasteiger partial charge in [0.2, 0.25) is 5.95 Å². The zero-order valence-corrected chi connectivity index (χ0v) is 11.6. The molecule has 2 N–H and O–H groups in total. The Morgan fingerprint density at radius 2 is 1.47 bits per heavy atom. The third kappa shape index (κ3) is 3.58. The van der Waals surface area contributed by atoms with E-state index in [0.717, 1.165) is 11.8 Å². The third-order valence-corrected chi connectivity index (χ3v) is 4.30. The van der Waals surface area contributed by atoms with Crippen molar-refractivity contribution >= 4 is 11.8 Å². The molecular formula is C15H24N4. The average Bonchev–Trinajstić information content (AvgIpc) is 2.93. The molecule has 4 nitrogen and oxygen atoms in total. The molecule has 104 valence electrons. The second kappa shape index (κ2) is 6.22. The third-order valence-electron chi connectivity index (χ3n) is 4.30. The zero-order chi connectivity index (χ0) is 12.9. The van der Waals surface area contributed by atoms with Gasteiger partial charge < -0.3 is 10.6 Å². The van der Waals surface area contributed by atoms with Gasteiger partial charge in [0.05, 0.1) is 0 Å². The summed E-state index contributed by atoms with van der Waals surface area (Å²) in [5.74, 6) is 1.76. The quantitative estimate of drug-likeness (QED) is 0.869. The van der Waals surface area contributed by atoms with Crippen LogP contribution >= 0.6 is 0 Å². The van der Waals surface area contributed by atoms with Gasteiger partial charge in [-0.2, -0.15) is 4.98 Å². The van der Waals surface area contributed by atoms with Crippen LogP contribution in [-0.2, 0) is 0 Å². The highest BCUT2D eigenvalue weighted by Crippen LogP contribution is 2.23. The lowest BCUT2D eigenvalue weighted by Gasteiger charge is -2.23. The number of hydrogen-bond acceptors (Lipinski definition) is 4. The number of anilines is 2. The molecule has 0 radical (unpaired) electrons. The molecule has 2 fully saturated rings. The molecule has 2 saturated carbocycles. The molecule has 2 aliphatic carbocycles. The van der Waals surface area contributed by atoms with Crippen molar-refractivity contribution in [2.24, 2.45) is 0 Å². The van der Waals surface area contributed by atoms with E-state index in [1.54, 1.807) is 0 Å². The van der Waals surface area contributed by atoms with E-state index in [2.05, 4.69) is 20.6 Å². The van der Waals surface area contributed by atoms with Crippen molar-refractivity contribution in [1.29, 1.82) is 0 Å². The monoisotopic (exact) mass is 260 g/mol. The highest BCUT2D eigenvalue weighted by Gasteiger charge is 2.16. The summed E-state index contributed by atoms with van der Waals surface area (Å²) in [7, 11) is 0. The second-order valence-corrected chi connectivity index (χ2v) is 5.87. The zero-order valence-electron chi connectivity index (χ0n) is 11.6. The van der Waals surface area contributed by atoms with Crippen LogP contribution in [0, 0.1) is 0 Å². The van der Waals surface area contributed by atoms with Crippen LogP contribution in [0.4, 0.5) is 11.8 Å². The fraction of sp³-hybridized carbons (Fsp3) is 0.733. The van der Waals surface area contributed by atoms with Crippen molar-refractivity contribution in [3.8, 4) is 0 Å². The molecule has 4 heteroatoms. The predicted octanol–water partition coefficient (Wildman–Crippen LogP) is 3.58. The molecule has 0 amide bonds.